The smallest absolute Gasteiger partial charge is 0.323 e. The molecule has 1 fully saturated rings. The quantitative estimate of drug-likeness (QED) is 0.667. The fourth-order valence-electron chi connectivity index (χ4n) is 1.28. The van der Waals surface area contributed by atoms with Crippen molar-refractivity contribution in [2.45, 2.75) is 26.8 Å². The van der Waals surface area contributed by atoms with Crippen molar-refractivity contribution in [2.24, 2.45) is 5.92 Å². The van der Waals surface area contributed by atoms with Crippen molar-refractivity contribution in [1.29, 1.82) is 0 Å². The predicted molar refractivity (Wildman–Crippen MR) is 55.0 cm³/mol. The topological polar surface area (TPSA) is 58.6 Å². The van der Waals surface area contributed by atoms with E-state index in [0.717, 1.165) is 0 Å². The summed E-state index contributed by atoms with van der Waals surface area (Å²) in [5.41, 5.74) is 0. The molecule has 1 rings (SSSR count). The summed E-state index contributed by atoms with van der Waals surface area (Å²) in [7, 11) is 0. The summed E-state index contributed by atoms with van der Waals surface area (Å²) < 4.78 is 5.09. The summed E-state index contributed by atoms with van der Waals surface area (Å²) in [6.45, 7) is 6.85. The fourth-order valence-corrected chi connectivity index (χ4v) is 1.28. The molecule has 1 aliphatic rings. The molecule has 0 aliphatic carbocycles. The normalized spacial score (nSPS) is 19.1. The van der Waals surface area contributed by atoms with Crippen LogP contribution in [0.25, 0.3) is 0 Å². The van der Waals surface area contributed by atoms with Gasteiger partial charge in [0.25, 0.3) is 0 Å². The Kier molecular flexibility index (Phi) is 4.08. The zero-order chi connectivity index (χ0) is 11.4. The Morgan fingerprint density at radius 1 is 1.53 bits per heavy atom. The number of amides is 1. The molecule has 1 amide bonds. The molecular formula is C10H18N2O3. The highest BCUT2D eigenvalue weighted by atomic mass is 16.5. The van der Waals surface area contributed by atoms with E-state index < -0.39 is 0 Å². The molecule has 1 N–H and O–H groups in total. The maximum Gasteiger partial charge on any atom is 0.323 e. The van der Waals surface area contributed by atoms with E-state index in [2.05, 4.69) is 5.32 Å². The van der Waals surface area contributed by atoms with Gasteiger partial charge in [-0.3, -0.25) is 14.5 Å². The fraction of sp³-hybridized carbons (Fsp3) is 0.800. The maximum atomic E-state index is 11.5. The third-order valence-electron chi connectivity index (χ3n) is 2.27. The van der Waals surface area contributed by atoms with Gasteiger partial charge in [-0.05, 0) is 12.8 Å². The van der Waals surface area contributed by atoms with Crippen LogP contribution < -0.4 is 5.32 Å². The van der Waals surface area contributed by atoms with Gasteiger partial charge in [-0.15, -0.1) is 0 Å². The molecular weight excluding hydrogens is 196 g/mol. The van der Waals surface area contributed by atoms with Gasteiger partial charge in [-0.25, -0.2) is 0 Å². The summed E-state index contributed by atoms with van der Waals surface area (Å²) in [5, 5.41) is 2.65. The lowest BCUT2D eigenvalue weighted by Gasteiger charge is -2.20. The second-order valence-electron chi connectivity index (χ2n) is 4.20. The van der Waals surface area contributed by atoms with Crippen LogP contribution in [0.1, 0.15) is 20.8 Å². The Balaban J connectivity index is 2.35. The minimum Gasteiger partial charge on any atom is -0.464 e. The average Bonchev–Trinajstić information content (AvgIpc) is 2.60. The van der Waals surface area contributed by atoms with E-state index in [1.807, 2.05) is 13.8 Å². The second kappa shape index (κ2) is 5.11. The van der Waals surface area contributed by atoms with E-state index >= 15 is 0 Å². The number of rotatable bonds is 4. The van der Waals surface area contributed by atoms with E-state index in [1.165, 1.54) is 0 Å². The Hall–Kier alpha value is -1.10. The number of esters is 1. The van der Waals surface area contributed by atoms with Gasteiger partial charge in [0.1, 0.15) is 6.04 Å². The first-order valence-electron chi connectivity index (χ1n) is 5.18. The summed E-state index contributed by atoms with van der Waals surface area (Å²) in [4.78, 5) is 24.2. The van der Waals surface area contributed by atoms with E-state index in [4.69, 9.17) is 4.74 Å². The first-order chi connectivity index (χ1) is 7.00. The largest absolute Gasteiger partial charge is 0.464 e. The molecule has 1 heterocycles. The van der Waals surface area contributed by atoms with Crippen molar-refractivity contribution in [1.82, 2.24) is 10.2 Å². The molecule has 5 heteroatoms. The number of nitrogens with one attached hydrogen (secondary N) is 1. The lowest BCUT2D eigenvalue weighted by molar-refractivity contribution is -0.150. The zero-order valence-corrected chi connectivity index (χ0v) is 9.45. The maximum absolute atomic E-state index is 11.5. The molecule has 0 aromatic rings. The first-order valence-corrected chi connectivity index (χ1v) is 5.18. The molecule has 86 valence electrons. The molecule has 1 unspecified atom stereocenters. The highest BCUT2D eigenvalue weighted by Gasteiger charge is 2.28. The first kappa shape index (κ1) is 12.0. The Morgan fingerprint density at radius 3 is 2.67 bits per heavy atom. The van der Waals surface area contributed by atoms with Gasteiger partial charge in [0.15, 0.2) is 0 Å². The van der Waals surface area contributed by atoms with Gasteiger partial charge >= 0.3 is 5.97 Å². The molecule has 0 radical (unpaired) electrons. The lowest BCUT2D eigenvalue weighted by Crippen LogP contribution is -2.39. The third-order valence-corrected chi connectivity index (χ3v) is 2.27. The molecule has 0 bridgehead atoms. The Labute approximate surface area is 89.8 Å². The summed E-state index contributed by atoms with van der Waals surface area (Å²) in [6, 6.07) is -0.359. The van der Waals surface area contributed by atoms with E-state index in [-0.39, 0.29) is 24.5 Å². The van der Waals surface area contributed by atoms with Gasteiger partial charge in [-0.1, -0.05) is 13.8 Å². The molecule has 1 atom stereocenters. The molecule has 15 heavy (non-hydrogen) atoms. The van der Waals surface area contributed by atoms with Crippen molar-refractivity contribution < 1.29 is 14.3 Å². The standard InChI is InChI=1S/C10H18N2O3/c1-7(2)5-15-10(14)8(3)12-4-9(13)11-6-12/h7-8H,4-6H2,1-3H3,(H,11,13). The SMILES string of the molecule is CC(C)COC(=O)C(C)N1CNC(=O)C1. The van der Waals surface area contributed by atoms with Crippen LogP contribution in [0.2, 0.25) is 0 Å². The predicted octanol–water partition coefficient (Wildman–Crippen LogP) is -0.0366. The van der Waals surface area contributed by atoms with Crippen LogP contribution >= 0.6 is 0 Å². The van der Waals surface area contributed by atoms with Crippen molar-refractivity contribution in [2.75, 3.05) is 19.8 Å². The number of hydrogen-bond donors (Lipinski definition) is 1. The minimum absolute atomic E-state index is 0.0430. The van der Waals surface area contributed by atoms with Crippen LogP contribution in [0.5, 0.6) is 0 Å². The van der Waals surface area contributed by atoms with Crippen LogP contribution in [-0.4, -0.2) is 42.6 Å². The van der Waals surface area contributed by atoms with Crippen LogP contribution in [0, 0.1) is 5.92 Å². The summed E-state index contributed by atoms with van der Waals surface area (Å²) in [5.74, 6) is 0.0261. The monoisotopic (exact) mass is 214 g/mol. The van der Waals surface area contributed by atoms with Gasteiger partial charge in [0, 0.05) is 0 Å². The van der Waals surface area contributed by atoms with Crippen LogP contribution in [0.15, 0.2) is 0 Å². The Morgan fingerprint density at radius 2 is 2.20 bits per heavy atom. The number of carbonyl (C=O) groups is 2. The molecule has 5 nitrogen and oxygen atoms in total. The van der Waals surface area contributed by atoms with Crippen LogP contribution in [-0.2, 0) is 14.3 Å². The van der Waals surface area contributed by atoms with Gasteiger partial charge in [-0.2, -0.15) is 0 Å². The highest BCUT2D eigenvalue weighted by molar-refractivity contribution is 5.82. The third kappa shape index (κ3) is 3.51. The van der Waals surface area contributed by atoms with Crippen molar-refractivity contribution in [3.63, 3.8) is 0 Å². The molecule has 0 spiro atoms. The number of carbonyl (C=O) groups excluding carboxylic acids is 2. The molecule has 1 saturated heterocycles. The highest BCUT2D eigenvalue weighted by Crippen LogP contribution is 2.05. The summed E-state index contributed by atoms with van der Waals surface area (Å²) >= 11 is 0. The Bertz CT molecular complexity index is 253. The lowest BCUT2D eigenvalue weighted by atomic mass is 10.2. The van der Waals surface area contributed by atoms with Crippen molar-refractivity contribution in [3.8, 4) is 0 Å². The number of nitrogens with zero attached hydrogens (tertiary/aromatic N) is 1. The molecule has 0 saturated carbocycles. The average molecular weight is 214 g/mol. The van der Waals surface area contributed by atoms with Gasteiger partial charge in [0.05, 0.1) is 19.8 Å². The van der Waals surface area contributed by atoms with Gasteiger partial charge < -0.3 is 10.1 Å². The number of hydrogen-bond acceptors (Lipinski definition) is 4. The molecule has 0 aromatic carbocycles. The van der Waals surface area contributed by atoms with E-state index in [0.29, 0.717) is 19.2 Å². The summed E-state index contributed by atoms with van der Waals surface area (Å²) in [6.07, 6.45) is 0. The minimum atomic E-state index is -0.359. The van der Waals surface area contributed by atoms with Crippen molar-refractivity contribution in [3.05, 3.63) is 0 Å². The van der Waals surface area contributed by atoms with E-state index in [1.54, 1.807) is 11.8 Å². The molecule has 0 aromatic heterocycles. The van der Waals surface area contributed by atoms with Crippen LogP contribution in [0.3, 0.4) is 0 Å². The number of ether oxygens (including phenoxy) is 1. The molecule has 1 aliphatic heterocycles. The van der Waals surface area contributed by atoms with Crippen molar-refractivity contribution >= 4 is 11.9 Å². The van der Waals surface area contributed by atoms with Crippen LogP contribution in [0.4, 0.5) is 0 Å². The van der Waals surface area contributed by atoms with E-state index in [9.17, 15) is 9.59 Å². The zero-order valence-electron chi connectivity index (χ0n) is 9.45. The van der Waals surface area contributed by atoms with Gasteiger partial charge in [0.2, 0.25) is 5.91 Å². The second-order valence-corrected chi connectivity index (χ2v) is 4.20.